The van der Waals surface area contributed by atoms with Crippen LogP contribution in [0.2, 0.25) is 0 Å². The number of aliphatic hydroxyl groups excluding tert-OH is 1. The van der Waals surface area contributed by atoms with Gasteiger partial charge in [0.1, 0.15) is 24.4 Å². The van der Waals surface area contributed by atoms with Crippen LogP contribution < -0.4 is 0 Å². The third kappa shape index (κ3) is 17.6. The molecule has 3 aliphatic rings. The summed E-state index contributed by atoms with van der Waals surface area (Å²) in [7, 11) is 0.346. The molecule has 1 aliphatic carbocycles. The van der Waals surface area contributed by atoms with Crippen LogP contribution in [0.1, 0.15) is 146 Å². The molecule has 15 heteroatoms. The van der Waals surface area contributed by atoms with Crippen LogP contribution in [0.3, 0.4) is 0 Å². The molecule has 0 radical (unpaired) electrons. The van der Waals surface area contributed by atoms with Gasteiger partial charge in [0.25, 0.3) is 11.7 Å². The summed E-state index contributed by atoms with van der Waals surface area (Å²) in [5, 5.41) is 23.4. The zero-order chi connectivity index (χ0) is 51.1. The molecular weight excluding hydrogens is 906 g/mol. The molecule has 2 aliphatic heterocycles. The number of thioether (sulfide) groups is 1. The van der Waals surface area contributed by atoms with E-state index >= 15 is 0 Å². The largest absolute Gasteiger partial charge is 0.461 e. The Labute approximate surface area is 414 Å². The zero-order valence-corrected chi connectivity index (χ0v) is 45.8. The minimum absolute atomic E-state index is 0.0743. The number of carbonyl (C=O) groups excluding carboxylic acids is 4. The average Bonchev–Trinajstić information content (AvgIpc) is 3.28. The summed E-state index contributed by atoms with van der Waals surface area (Å²) in [6.07, 6.45) is 14.3. The van der Waals surface area contributed by atoms with Gasteiger partial charge in [0.2, 0.25) is 5.79 Å². The SMILES string of the molecule is C/C=C/C=C(\C)C(C[C@@H]1CC[C@@H](C)[C@](O)(C(=O)C(=O)N2CCCC[C@H]2C(=O)O[C@@H](CC[C@H](C)/C=C(\C)[C@@H](O)[C@@H](OC)C(=O)[C@H](C)CC(C)C)[C@H](C)C[C@@H]2CC[C@@H](OP(C)(C)=O)[C@H](OC)C2)O1)SC. The fraction of sp³-hybridized carbons (Fsp3) is 0.811. The molecule has 2 N–H and O–H groups in total. The number of ether oxygens (including phenoxy) is 4. The molecule has 390 valence electrons. The molecule has 1 saturated carbocycles. The predicted octanol–water partition coefficient (Wildman–Crippen LogP) is 9.75. The lowest BCUT2D eigenvalue weighted by molar-refractivity contribution is -0.263. The number of likely N-dealkylation sites (tertiary alicyclic amines) is 1. The van der Waals surface area contributed by atoms with Crippen molar-refractivity contribution >= 4 is 42.6 Å². The van der Waals surface area contributed by atoms with E-state index in [2.05, 4.69) is 20.8 Å². The van der Waals surface area contributed by atoms with Gasteiger partial charge in [0.15, 0.2) is 13.2 Å². The van der Waals surface area contributed by atoms with E-state index in [4.69, 9.17) is 23.5 Å². The van der Waals surface area contributed by atoms with Crippen LogP contribution in [0.25, 0.3) is 0 Å². The van der Waals surface area contributed by atoms with Crippen LogP contribution in [0.5, 0.6) is 0 Å². The van der Waals surface area contributed by atoms with Crippen LogP contribution in [0.15, 0.2) is 35.5 Å². The smallest absolute Gasteiger partial charge is 0.329 e. The first-order valence-corrected chi connectivity index (χ1v) is 29.2. The van der Waals surface area contributed by atoms with Gasteiger partial charge >= 0.3 is 5.97 Å². The van der Waals surface area contributed by atoms with Crippen molar-refractivity contribution in [3.8, 4) is 0 Å². The molecule has 3 fully saturated rings. The number of allylic oxidation sites excluding steroid dienone is 4. The lowest BCUT2D eigenvalue weighted by Gasteiger charge is -2.43. The summed E-state index contributed by atoms with van der Waals surface area (Å²) in [6.45, 7) is 21.0. The number of hydrogen-bond acceptors (Lipinski definition) is 13. The van der Waals surface area contributed by atoms with Gasteiger partial charge in [-0.2, -0.15) is 11.8 Å². The number of methoxy groups -OCH3 is 2. The fourth-order valence-corrected chi connectivity index (χ4v) is 12.3. The number of carbonyl (C=O) groups is 4. The highest BCUT2D eigenvalue weighted by molar-refractivity contribution is 7.99. The molecule has 1 amide bonds. The standard InChI is InChI=1S/C53H90NO12PS/c1-15-16-19-35(5)46(68-14)32-41-24-22-39(9)53(60,65-41)50(57)51(58)54-27-18-17-20-42(54)52(59)64-43(36(6)30-40-23-26-44(45(31-40)62-10)66-67(12,13)61)25-21-34(4)29-38(8)48(56)49(63-11)47(55)37(7)28-33(2)3/h15-16,19,29,33-34,36-37,39-46,48-49,56,60H,17-18,20-28,30-32H2,1-14H3/b16-15+,35-19+,38-29+/t34-,36+,37+,39+,40-,41-,42-,43-,44+,45+,46?,48+,49-,53+/m0/s1. The first kappa shape index (κ1) is 60.1. The maximum Gasteiger partial charge on any atom is 0.329 e. The Balaban J connectivity index is 1.85. The lowest BCUT2D eigenvalue weighted by atomic mass is 9.78. The lowest BCUT2D eigenvalue weighted by Crippen LogP contribution is -2.60. The molecule has 0 spiro atoms. The van der Waals surface area contributed by atoms with Crippen molar-refractivity contribution in [1.82, 2.24) is 4.90 Å². The molecule has 13 nitrogen and oxygen atoms in total. The molecule has 14 atom stereocenters. The number of rotatable bonds is 26. The quantitative estimate of drug-likeness (QED) is 0.0276. The number of ketones is 2. The topological polar surface area (TPSA) is 175 Å². The minimum atomic E-state index is -2.74. The van der Waals surface area contributed by atoms with E-state index in [9.17, 15) is 34.0 Å². The van der Waals surface area contributed by atoms with Crippen molar-refractivity contribution in [1.29, 1.82) is 0 Å². The maximum atomic E-state index is 14.5. The van der Waals surface area contributed by atoms with Crippen molar-refractivity contribution in [3.05, 3.63) is 35.5 Å². The molecule has 1 unspecified atom stereocenters. The summed E-state index contributed by atoms with van der Waals surface area (Å²) in [6, 6.07) is -1.02. The fourth-order valence-electron chi connectivity index (χ4n) is 10.5. The molecule has 2 saturated heterocycles. The molecule has 2 heterocycles. The van der Waals surface area contributed by atoms with E-state index in [1.807, 2.05) is 58.3 Å². The maximum absolute atomic E-state index is 14.5. The Morgan fingerprint density at radius 3 is 2.24 bits per heavy atom. The zero-order valence-electron chi connectivity index (χ0n) is 44.1. The van der Waals surface area contributed by atoms with Gasteiger partial charge in [-0.25, -0.2) is 4.79 Å². The van der Waals surface area contributed by atoms with Gasteiger partial charge in [-0.05, 0) is 140 Å². The van der Waals surface area contributed by atoms with Gasteiger partial charge in [-0.15, -0.1) is 0 Å². The average molecular weight is 996 g/mol. The highest BCUT2D eigenvalue weighted by atomic mass is 32.2. The van der Waals surface area contributed by atoms with Crippen molar-refractivity contribution in [2.24, 2.45) is 35.5 Å². The van der Waals surface area contributed by atoms with E-state index in [-0.39, 0.29) is 53.5 Å². The summed E-state index contributed by atoms with van der Waals surface area (Å²) >= 11 is 1.67. The predicted molar refractivity (Wildman–Crippen MR) is 272 cm³/mol. The highest BCUT2D eigenvalue weighted by Gasteiger charge is 2.53. The van der Waals surface area contributed by atoms with Crippen LogP contribution in [0.4, 0.5) is 0 Å². The Kier molecular flexibility index (Phi) is 24.9. The van der Waals surface area contributed by atoms with Crippen molar-refractivity contribution in [2.75, 3.05) is 40.3 Å². The second-order valence-electron chi connectivity index (χ2n) is 21.2. The molecule has 0 aromatic heterocycles. The molecule has 68 heavy (non-hydrogen) atoms. The summed E-state index contributed by atoms with van der Waals surface area (Å²) in [5.41, 5.74) is 1.76. The van der Waals surface area contributed by atoms with Crippen molar-refractivity contribution < 1.29 is 57.4 Å². The van der Waals surface area contributed by atoms with Gasteiger partial charge in [-0.1, -0.05) is 71.4 Å². The van der Waals surface area contributed by atoms with Crippen molar-refractivity contribution in [3.63, 3.8) is 0 Å². The second-order valence-corrected chi connectivity index (χ2v) is 24.9. The number of hydrogen-bond donors (Lipinski definition) is 2. The van der Waals surface area contributed by atoms with Crippen molar-refractivity contribution in [2.45, 2.75) is 199 Å². The Morgan fingerprint density at radius 2 is 1.63 bits per heavy atom. The minimum Gasteiger partial charge on any atom is -0.461 e. The van der Waals surface area contributed by atoms with Gasteiger partial charge in [-0.3, -0.25) is 18.9 Å². The summed E-state index contributed by atoms with van der Waals surface area (Å²) < 4.78 is 42.6. The summed E-state index contributed by atoms with van der Waals surface area (Å²) in [5.74, 6) is -5.61. The number of nitrogens with zero attached hydrogens (tertiary/aromatic N) is 1. The molecule has 0 aromatic rings. The number of amides is 1. The van der Waals surface area contributed by atoms with Crippen LogP contribution in [-0.2, 0) is 47.2 Å². The van der Waals surface area contributed by atoms with Gasteiger partial charge < -0.3 is 38.6 Å². The Hall–Kier alpha value is -2.16. The number of aliphatic hydroxyl groups is 2. The molecule has 3 rings (SSSR count). The highest BCUT2D eigenvalue weighted by Crippen LogP contribution is 2.45. The first-order valence-electron chi connectivity index (χ1n) is 25.4. The Morgan fingerprint density at radius 1 is 0.941 bits per heavy atom. The Bertz CT molecular complexity index is 1780. The van der Waals surface area contributed by atoms with E-state index in [1.165, 1.54) is 12.0 Å². The number of esters is 1. The molecule has 0 aromatic carbocycles. The monoisotopic (exact) mass is 996 g/mol. The van der Waals surface area contributed by atoms with E-state index in [1.54, 1.807) is 46.0 Å². The third-order valence-electron chi connectivity index (χ3n) is 14.5. The van der Waals surface area contributed by atoms with Crippen LogP contribution >= 0.6 is 19.1 Å². The third-order valence-corrected chi connectivity index (χ3v) is 16.4. The van der Waals surface area contributed by atoms with Gasteiger partial charge in [0, 0.05) is 51.2 Å². The first-order chi connectivity index (χ1) is 31.9. The summed E-state index contributed by atoms with van der Waals surface area (Å²) in [4.78, 5) is 57.6. The van der Waals surface area contributed by atoms with Crippen LogP contribution in [-0.4, -0.2) is 133 Å². The number of piperidine rings is 1. The van der Waals surface area contributed by atoms with Gasteiger partial charge in [0.05, 0.1) is 18.3 Å². The number of Topliss-reactive ketones (excluding diaryl/α,β-unsaturated/α-hetero) is 2. The van der Waals surface area contributed by atoms with E-state index in [0.717, 1.165) is 12.0 Å². The molecule has 0 bridgehead atoms. The second kappa shape index (κ2) is 28.2. The molecular formula is C53H90NO12PS. The normalized spacial score (nSPS) is 28.7. The van der Waals surface area contributed by atoms with E-state index in [0.29, 0.717) is 88.5 Å². The van der Waals surface area contributed by atoms with E-state index < -0.39 is 67.2 Å². The van der Waals surface area contributed by atoms with Crippen LogP contribution in [0, 0.1) is 35.5 Å².